The molecule has 1 fully saturated rings. The van der Waals surface area contributed by atoms with Crippen LogP contribution >= 0.6 is 0 Å². The first-order valence-corrected chi connectivity index (χ1v) is 8.05. The van der Waals surface area contributed by atoms with Gasteiger partial charge in [0.25, 0.3) is 0 Å². The SMILES string of the molecule is CC(C)(C)NCC(Cc1c(F)cccc1F)C1CCCC1. The molecule has 1 N–H and O–H groups in total. The van der Waals surface area contributed by atoms with E-state index >= 15 is 0 Å². The highest BCUT2D eigenvalue weighted by molar-refractivity contribution is 5.20. The summed E-state index contributed by atoms with van der Waals surface area (Å²) in [6.07, 6.45) is 5.36. The van der Waals surface area contributed by atoms with Crippen molar-refractivity contribution in [2.24, 2.45) is 11.8 Å². The Morgan fingerprint density at radius 1 is 1.14 bits per heavy atom. The van der Waals surface area contributed by atoms with Crippen LogP contribution in [0.4, 0.5) is 8.78 Å². The van der Waals surface area contributed by atoms with E-state index in [1.165, 1.54) is 43.9 Å². The minimum Gasteiger partial charge on any atom is -0.312 e. The van der Waals surface area contributed by atoms with Crippen LogP contribution < -0.4 is 5.32 Å². The summed E-state index contributed by atoms with van der Waals surface area (Å²) < 4.78 is 27.8. The second kappa shape index (κ2) is 6.87. The Labute approximate surface area is 127 Å². The molecule has 1 aliphatic carbocycles. The van der Waals surface area contributed by atoms with E-state index in [1.807, 2.05) is 0 Å². The van der Waals surface area contributed by atoms with Gasteiger partial charge in [-0.1, -0.05) is 31.7 Å². The molecule has 1 unspecified atom stereocenters. The first-order valence-electron chi connectivity index (χ1n) is 8.05. The highest BCUT2D eigenvalue weighted by atomic mass is 19.1. The van der Waals surface area contributed by atoms with Gasteiger partial charge in [-0.3, -0.25) is 0 Å². The highest BCUT2D eigenvalue weighted by Crippen LogP contribution is 2.34. The summed E-state index contributed by atoms with van der Waals surface area (Å²) in [5, 5.41) is 3.51. The van der Waals surface area contributed by atoms with E-state index in [-0.39, 0.29) is 11.1 Å². The quantitative estimate of drug-likeness (QED) is 0.830. The molecule has 1 atom stereocenters. The van der Waals surface area contributed by atoms with Gasteiger partial charge in [0, 0.05) is 11.1 Å². The summed E-state index contributed by atoms with van der Waals surface area (Å²) in [5.74, 6) is 0.0690. The third-order valence-corrected chi connectivity index (χ3v) is 4.49. The molecule has 0 bridgehead atoms. The maximum atomic E-state index is 13.9. The number of benzene rings is 1. The summed E-state index contributed by atoms with van der Waals surface area (Å²) >= 11 is 0. The second-order valence-corrected chi connectivity index (χ2v) is 7.34. The average Bonchev–Trinajstić information content (AvgIpc) is 2.90. The molecule has 0 aromatic heterocycles. The maximum Gasteiger partial charge on any atom is 0.129 e. The van der Waals surface area contributed by atoms with Crippen molar-refractivity contribution < 1.29 is 8.78 Å². The molecular weight excluding hydrogens is 268 g/mol. The van der Waals surface area contributed by atoms with Crippen LogP contribution in [0.3, 0.4) is 0 Å². The molecule has 1 nitrogen and oxygen atoms in total. The second-order valence-electron chi connectivity index (χ2n) is 7.34. The van der Waals surface area contributed by atoms with Crippen LogP contribution in [-0.2, 0) is 6.42 Å². The molecule has 0 aliphatic heterocycles. The number of hydrogen-bond acceptors (Lipinski definition) is 1. The zero-order valence-corrected chi connectivity index (χ0v) is 13.4. The minimum atomic E-state index is -0.409. The molecule has 2 rings (SSSR count). The monoisotopic (exact) mass is 295 g/mol. The molecule has 118 valence electrons. The van der Waals surface area contributed by atoms with Gasteiger partial charge in [0.15, 0.2) is 0 Å². The van der Waals surface area contributed by atoms with Crippen molar-refractivity contribution in [3.05, 3.63) is 35.4 Å². The Morgan fingerprint density at radius 2 is 1.71 bits per heavy atom. The lowest BCUT2D eigenvalue weighted by Gasteiger charge is -2.29. The first kappa shape index (κ1) is 16.4. The van der Waals surface area contributed by atoms with Crippen LogP contribution in [0.1, 0.15) is 52.0 Å². The average molecular weight is 295 g/mol. The predicted molar refractivity (Wildman–Crippen MR) is 83.3 cm³/mol. The van der Waals surface area contributed by atoms with Crippen molar-refractivity contribution in [2.45, 2.75) is 58.4 Å². The van der Waals surface area contributed by atoms with Crippen LogP contribution in [0.15, 0.2) is 18.2 Å². The normalized spacial score (nSPS) is 18.1. The van der Waals surface area contributed by atoms with Crippen LogP contribution in [0.5, 0.6) is 0 Å². The van der Waals surface area contributed by atoms with E-state index < -0.39 is 11.6 Å². The zero-order chi connectivity index (χ0) is 15.5. The van der Waals surface area contributed by atoms with Crippen molar-refractivity contribution in [1.29, 1.82) is 0 Å². The molecule has 0 heterocycles. The molecular formula is C18H27F2N. The molecule has 0 radical (unpaired) electrons. The van der Waals surface area contributed by atoms with Crippen LogP contribution in [0.2, 0.25) is 0 Å². The third-order valence-electron chi connectivity index (χ3n) is 4.49. The number of nitrogens with one attached hydrogen (secondary N) is 1. The van der Waals surface area contributed by atoms with Crippen molar-refractivity contribution in [2.75, 3.05) is 6.54 Å². The van der Waals surface area contributed by atoms with Crippen molar-refractivity contribution in [1.82, 2.24) is 5.32 Å². The molecule has 1 saturated carbocycles. The minimum absolute atomic E-state index is 0.0324. The fourth-order valence-corrected chi connectivity index (χ4v) is 3.26. The van der Waals surface area contributed by atoms with Gasteiger partial charge >= 0.3 is 0 Å². The molecule has 0 amide bonds. The topological polar surface area (TPSA) is 12.0 Å². The van der Waals surface area contributed by atoms with E-state index in [4.69, 9.17) is 0 Å². The van der Waals surface area contributed by atoms with Crippen LogP contribution in [0, 0.1) is 23.5 Å². The largest absolute Gasteiger partial charge is 0.312 e. The Morgan fingerprint density at radius 3 is 2.24 bits per heavy atom. The highest BCUT2D eigenvalue weighted by Gasteiger charge is 2.28. The zero-order valence-electron chi connectivity index (χ0n) is 13.4. The fraction of sp³-hybridized carbons (Fsp3) is 0.667. The number of hydrogen-bond donors (Lipinski definition) is 1. The van der Waals surface area contributed by atoms with Crippen molar-refractivity contribution in [3.8, 4) is 0 Å². The summed E-state index contributed by atoms with van der Waals surface area (Å²) in [6, 6.07) is 4.16. The van der Waals surface area contributed by atoms with Gasteiger partial charge in [-0.25, -0.2) is 8.78 Å². The van der Waals surface area contributed by atoms with Gasteiger partial charge in [0.1, 0.15) is 11.6 Å². The molecule has 21 heavy (non-hydrogen) atoms. The first-order chi connectivity index (χ1) is 9.87. The van der Waals surface area contributed by atoms with Gasteiger partial charge in [-0.15, -0.1) is 0 Å². The lowest BCUT2D eigenvalue weighted by molar-refractivity contribution is 0.282. The standard InChI is InChI=1S/C18H27F2N/c1-18(2,3)21-12-14(13-7-4-5-8-13)11-15-16(19)9-6-10-17(15)20/h6,9-10,13-14,21H,4-5,7-8,11-12H2,1-3H3. The van der Waals surface area contributed by atoms with Gasteiger partial charge in [0.2, 0.25) is 0 Å². The van der Waals surface area contributed by atoms with E-state index in [2.05, 4.69) is 26.1 Å². The Hall–Kier alpha value is -0.960. The molecule has 3 heteroatoms. The summed E-state index contributed by atoms with van der Waals surface area (Å²) in [7, 11) is 0. The Kier molecular flexibility index (Phi) is 5.37. The molecule has 1 aliphatic rings. The third kappa shape index (κ3) is 4.77. The number of halogens is 2. The summed E-state index contributed by atoms with van der Waals surface area (Å²) in [5.41, 5.74) is 0.287. The van der Waals surface area contributed by atoms with Gasteiger partial charge in [-0.2, -0.15) is 0 Å². The van der Waals surface area contributed by atoms with E-state index in [0.717, 1.165) is 6.54 Å². The van der Waals surface area contributed by atoms with E-state index in [9.17, 15) is 8.78 Å². The van der Waals surface area contributed by atoms with Gasteiger partial charge in [-0.05, 0) is 57.7 Å². The molecule has 1 aromatic rings. The Bertz CT molecular complexity index is 439. The lowest BCUT2D eigenvalue weighted by Crippen LogP contribution is -2.41. The van der Waals surface area contributed by atoms with Crippen LogP contribution in [-0.4, -0.2) is 12.1 Å². The molecule has 1 aromatic carbocycles. The van der Waals surface area contributed by atoms with E-state index in [0.29, 0.717) is 18.3 Å². The molecule has 0 spiro atoms. The molecule has 0 saturated heterocycles. The van der Waals surface area contributed by atoms with Crippen molar-refractivity contribution >= 4 is 0 Å². The van der Waals surface area contributed by atoms with Gasteiger partial charge in [0.05, 0.1) is 0 Å². The van der Waals surface area contributed by atoms with E-state index in [1.54, 1.807) is 0 Å². The smallest absolute Gasteiger partial charge is 0.129 e. The lowest BCUT2D eigenvalue weighted by atomic mass is 9.84. The number of rotatable bonds is 5. The summed E-state index contributed by atoms with van der Waals surface area (Å²) in [4.78, 5) is 0. The van der Waals surface area contributed by atoms with Gasteiger partial charge < -0.3 is 5.32 Å². The van der Waals surface area contributed by atoms with Crippen LogP contribution in [0.25, 0.3) is 0 Å². The Balaban J connectivity index is 2.11. The van der Waals surface area contributed by atoms with Crippen molar-refractivity contribution in [3.63, 3.8) is 0 Å². The predicted octanol–water partition coefficient (Wildman–Crippen LogP) is 4.70. The summed E-state index contributed by atoms with van der Waals surface area (Å²) in [6.45, 7) is 7.20. The maximum absolute atomic E-state index is 13.9. The fourth-order valence-electron chi connectivity index (χ4n) is 3.26.